The van der Waals surface area contributed by atoms with Crippen LogP contribution in [-0.4, -0.2) is 77.9 Å². The van der Waals surface area contributed by atoms with E-state index in [0.29, 0.717) is 29.7 Å². The fraction of sp³-hybridized carbons (Fsp3) is 0.577. The minimum atomic E-state index is -0.536. The number of fused-ring (bicyclic) bond motifs is 1. The zero-order chi connectivity index (χ0) is 25.2. The van der Waals surface area contributed by atoms with E-state index in [1.165, 1.54) is 6.07 Å². The Kier molecular flexibility index (Phi) is 7.97. The second kappa shape index (κ2) is 11.2. The Labute approximate surface area is 219 Å². The van der Waals surface area contributed by atoms with Crippen LogP contribution in [0.1, 0.15) is 60.9 Å². The summed E-state index contributed by atoms with van der Waals surface area (Å²) in [6.07, 6.45) is 4.11. The summed E-state index contributed by atoms with van der Waals surface area (Å²) in [5, 5.41) is 14.1. The lowest BCUT2D eigenvalue weighted by molar-refractivity contribution is -0.111. The molecule has 0 amide bonds. The van der Waals surface area contributed by atoms with Crippen LogP contribution in [0.25, 0.3) is 0 Å². The first-order valence-corrected chi connectivity index (χ1v) is 13.5. The lowest BCUT2D eigenvalue weighted by Crippen LogP contribution is -2.59. The smallest absolute Gasteiger partial charge is 0.137 e. The Morgan fingerprint density at radius 2 is 1.97 bits per heavy atom. The summed E-state index contributed by atoms with van der Waals surface area (Å²) >= 11 is 3.22. The van der Waals surface area contributed by atoms with Gasteiger partial charge in [-0.3, -0.25) is 10.2 Å². The largest absolute Gasteiger partial charge is 0.387 e. The van der Waals surface area contributed by atoms with E-state index in [1.54, 1.807) is 12.4 Å². The number of anilines is 1. The average molecular weight is 562 g/mol. The third-order valence-electron chi connectivity index (χ3n) is 7.73. The zero-order valence-corrected chi connectivity index (χ0v) is 22.0. The molecule has 1 aromatic heterocycles. The summed E-state index contributed by atoms with van der Waals surface area (Å²) < 4.78 is 20.3. The SMILES string of the molecule is C[C@@H]1C[C@H](O)c2ncnc(N3CCN(C(NC4CCOCC4)C(C=O)c4ccc(Br)c(F)c4)CC3)c21. The topological polar surface area (TPSA) is 90.8 Å². The molecule has 3 aliphatic rings. The van der Waals surface area contributed by atoms with Gasteiger partial charge in [-0.1, -0.05) is 13.0 Å². The Balaban J connectivity index is 1.36. The van der Waals surface area contributed by atoms with Crippen LogP contribution in [0.15, 0.2) is 29.0 Å². The van der Waals surface area contributed by atoms with Crippen molar-refractivity contribution < 1.29 is 19.0 Å². The zero-order valence-electron chi connectivity index (χ0n) is 20.4. The van der Waals surface area contributed by atoms with Gasteiger partial charge in [0, 0.05) is 51.0 Å². The van der Waals surface area contributed by atoms with Crippen molar-refractivity contribution in [2.24, 2.45) is 0 Å². The average Bonchev–Trinajstić information content (AvgIpc) is 3.20. The number of hydrogen-bond acceptors (Lipinski definition) is 8. The van der Waals surface area contributed by atoms with Gasteiger partial charge in [0.25, 0.3) is 0 Å². The number of rotatable bonds is 7. The van der Waals surface area contributed by atoms with Gasteiger partial charge in [-0.15, -0.1) is 0 Å². The van der Waals surface area contributed by atoms with Crippen molar-refractivity contribution >= 4 is 28.0 Å². The van der Waals surface area contributed by atoms with Gasteiger partial charge in [-0.05, 0) is 58.8 Å². The molecule has 8 nitrogen and oxygen atoms in total. The van der Waals surface area contributed by atoms with Crippen LogP contribution in [0, 0.1) is 5.82 Å². The highest BCUT2D eigenvalue weighted by molar-refractivity contribution is 9.10. The number of aliphatic hydroxyl groups is 1. The van der Waals surface area contributed by atoms with Crippen molar-refractivity contribution in [2.75, 3.05) is 44.3 Å². The van der Waals surface area contributed by atoms with Crippen molar-refractivity contribution in [2.45, 2.75) is 56.3 Å². The van der Waals surface area contributed by atoms with E-state index in [-0.39, 0.29) is 23.9 Å². The number of nitrogens with zero attached hydrogens (tertiary/aromatic N) is 4. The number of aromatic nitrogens is 2. The number of carbonyl (C=O) groups excluding carboxylic acids is 1. The molecule has 2 N–H and O–H groups in total. The van der Waals surface area contributed by atoms with E-state index in [1.807, 2.05) is 6.07 Å². The predicted octanol–water partition coefficient (Wildman–Crippen LogP) is 3.12. The van der Waals surface area contributed by atoms with Gasteiger partial charge in [0.05, 0.1) is 28.4 Å². The number of halogens is 2. The number of piperazine rings is 1. The van der Waals surface area contributed by atoms with Crippen LogP contribution in [0.4, 0.5) is 10.2 Å². The highest BCUT2D eigenvalue weighted by Gasteiger charge is 2.36. The summed E-state index contributed by atoms with van der Waals surface area (Å²) in [5.41, 5.74) is 2.45. The molecule has 36 heavy (non-hydrogen) atoms. The van der Waals surface area contributed by atoms with Crippen LogP contribution < -0.4 is 10.2 Å². The van der Waals surface area contributed by atoms with Crippen LogP contribution in [0.3, 0.4) is 0 Å². The maximum absolute atomic E-state index is 14.4. The molecule has 10 heteroatoms. The Morgan fingerprint density at radius 1 is 1.22 bits per heavy atom. The van der Waals surface area contributed by atoms with E-state index < -0.39 is 12.0 Å². The van der Waals surface area contributed by atoms with Gasteiger partial charge >= 0.3 is 0 Å². The number of aliphatic hydroxyl groups excluding tert-OH is 1. The minimum Gasteiger partial charge on any atom is -0.387 e. The molecule has 5 rings (SSSR count). The van der Waals surface area contributed by atoms with Gasteiger partial charge in [-0.2, -0.15) is 0 Å². The van der Waals surface area contributed by atoms with Crippen molar-refractivity contribution in [1.29, 1.82) is 0 Å². The molecule has 2 unspecified atom stereocenters. The number of aldehydes is 1. The van der Waals surface area contributed by atoms with Gasteiger partial charge < -0.3 is 19.5 Å². The molecule has 2 aliphatic heterocycles. The summed E-state index contributed by atoms with van der Waals surface area (Å²) in [5.74, 6) is 0.224. The monoisotopic (exact) mass is 561 g/mol. The van der Waals surface area contributed by atoms with Gasteiger partial charge in [-0.25, -0.2) is 14.4 Å². The Morgan fingerprint density at radius 3 is 2.67 bits per heavy atom. The van der Waals surface area contributed by atoms with Gasteiger partial charge in [0.1, 0.15) is 24.2 Å². The molecule has 2 fully saturated rings. The lowest BCUT2D eigenvalue weighted by atomic mass is 9.94. The minimum absolute atomic E-state index is 0.207. The summed E-state index contributed by atoms with van der Waals surface area (Å²) in [7, 11) is 0. The fourth-order valence-corrected chi connectivity index (χ4v) is 6.01. The Bertz CT molecular complexity index is 1080. The van der Waals surface area contributed by atoms with Crippen molar-refractivity contribution in [3.63, 3.8) is 0 Å². The standard InChI is InChI=1S/C26H33BrFN5O3/c1-16-12-22(35)24-23(16)26(30-15-29-24)33-8-6-32(7-9-33)25(31-18-4-10-36-11-5-18)19(14-34)17-2-3-20(27)21(28)13-17/h2-3,13-16,18-19,22,25,31,35H,4-12H2,1H3/t16-,19?,22+,25?/m1/s1. The number of benzene rings is 1. The van der Waals surface area contributed by atoms with E-state index in [4.69, 9.17) is 4.74 Å². The lowest BCUT2D eigenvalue weighted by Gasteiger charge is -2.44. The maximum atomic E-state index is 14.4. The normalized spacial score (nSPS) is 24.9. The molecule has 2 aromatic rings. The molecular formula is C26H33BrFN5O3. The summed E-state index contributed by atoms with van der Waals surface area (Å²) in [4.78, 5) is 25.9. The molecule has 0 bridgehead atoms. The first kappa shape index (κ1) is 25.7. The van der Waals surface area contributed by atoms with Crippen molar-refractivity contribution in [3.05, 3.63) is 51.6 Å². The first-order chi connectivity index (χ1) is 17.5. The predicted molar refractivity (Wildman–Crippen MR) is 137 cm³/mol. The van der Waals surface area contributed by atoms with E-state index in [9.17, 15) is 14.3 Å². The second-order valence-corrected chi connectivity index (χ2v) is 10.9. The molecular weight excluding hydrogens is 529 g/mol. The van der Waals surface area contributed by atoms with Crippen molar-refractivity contribution in [3.8, 4) is 0 Å². The molecule has 0 saturated carbocycles. The quantitative estimate of drug-likeness (QED) is 0.498. The van der Waals surface area contributed by atoms with E-state index in [2.05, 4.69) is 47.9 Å². The first-order valence-electron chi connectivity index (χ1n) is 12.7. The number of hydrogen-bond donors (Lipinski definition) is 2. The van der Waals surface area contributed by atoms with Crippen LogP contribution in [-0.2, 0) is 9.53 Å². The van der Waals surface area contributed by atoms with Gasteiger partial charge in [0.15, 0.2) is 0 Å². The Hall–Kier alpha value is -1.98. The molecule has 0 spiro atoms. The third-order valence-corrected chi connectivity index (χ3v) is 8.37. The van der Waals surface area contributed by atoms with Crippen LogP contribution in [0.2, 0.25) is 0 Å². The number of carbonyl (C=O) groups is 1. The summed E-state index contributed by atoms with van der Waals surface area (Å²) in [6, 6.07) is 5.17. The second-order valence-electron chi connectivity index (χ2n) is 10.0. The summed E-state index contributed by atoms with van der Waals surface area (Å²) in [6.45, 7) is 6.41. The molecule has 1 aromatic carbocycles. The van der Waals surface area contributed by atoms with Crippen LogP contribution in [0.5, 0.6) is 0 Å². The molecule has 4 atom stereocenters. The van der Waals surface area contributed by atoms with E-state index in [0.717, 1.165) is 62.4 Å². The molecule has 1 aliphatic carbocycles. The highest BCUT2D eigenvalue weighted by Crippen LogP contribution is 2.43. The number of nitrogens with one attached hydrogen (secondary N) is 1. The third kappa shape index (κ3) is 5.19. The molecule has 0 radical (unpaired) electrons. The van der Waals surface area contributed by atoms with Crippen LogP contribution >= 0.6 is 15.9 Å². The number of ether oxygens (including phenoxy) is 1. The maximum Gasteiger partial charge on any atom is 0.137 e. The van der Waals surface area contributed by atoms with Gasteiger partial charge in [0.2, 0.25) is 0 Å². The molecule has 194 valence electrons. The van der Waals surface area contributed by atoms with Crippen molar-refractivity contribution in [1.82, 2.24) is 20.2 Å². The fourth-order valence-electron chi connectivity index (χ4n) is 5.76. The molecule has 2 saturated heterocycles. The highest BCUT2D eigenvalue weighted by atomic mass is 79.9. The van der Waals surface area contributed by atoms with E-state index >= 15 is 0 Å². The molecule has 3 heterocycles.